The standard InChI is InChI=1S/C10H20BrN/c11-7-4-8-12-9-10-5-2-1-3-6-10/h10,12H,1-9H2. The minimum atomic E-state index is 0.981. The normalized spacial score (nSPS) is 19.8. The van der Waals surface area contributed by atoms with Crippen molar-refractivity contribution in [1.29, 1.82) is 0 Å². The van der Waals surface area contributed by atoms with Crippen LogP contribution < -0.4 is 5.32 Å². The fourth-order valence-electron chi connectivity index (χ4n) is 1.89. The molecule has 1 N–H and O–H groups in total. The maximum atomic E-state index is 3.53. The van der Waals surface area contributed by atoms with E-state index in [0.717, 1.165) is 11.2 Å². The lowest BCUT2D eigenvalue weighted by Gasteiger charge is -2.21. The molecule has 1 fully saturated rings. The summed E-state index contributed by atoms with van der Waals surface area (Å²) in [6, 6.07) is 0. The lowest BCUT2D eigenvalue weighted by Crippen LogP contribution is -2.25. The molecule has 0 amide bonds. The van der Waals surface area contributed by atoms with Crippen molar-refractivity contribution in [2.75, 3.05) is 18.4 Å². The third kappa shape index (κ3) is 4.46. The zero-order chi connectivity index (χ0) is 8.65. The molecule has 0 aliphatic heterocycles. The zero-order valence-corrected chi connectivity index (χ0v) is 9.41. The van der Waals surface area contributed by atoms with Gasteiger partial charge in [0, 0.05) is 5.33 Å². The predicted octanol–water partition coefficient (Wildman–Crippen LogP) is 2.94. The Morgan fingerprint density at radius 2 is 1.92 bits per heavy atom. The van der Waals surface area contributed by atoms with E-state index in [2.05, 4.69) is 21.2 Å². The molecular formula is C10H20BrN. The van der Waals surface area contributed by atoms with E-state index in [1.165, 1.54) is 51.6 Å². The number of nitrogens with one attached hydrogen (secondary N) is 1. The molecule has 0 saturated heterocycles. The molecule has 2 heteroatoms. The van der Waals surface area contributed by atoms with Gasteiger partial charge in [0.2, 0.25) is 0 Å². The maximum absolute atomic E-state index is 3.53. The van der Waals surface area contributed by atoms with Crippen LogP contribution in [0.3, 0.4) is 0 Å². The second kappa shape index (κ2) is 6.90. The molecule has 12 heavy (non-hydrogen) atoms. The van der Waals surface area contributed by atoms with Gasteiger partial charge in [0.05, 0.1) is 0 Å². The Hall–Kier alpha value is 0.440. The van der Waals surface area contributed by atoms with E-state index >= 15 is 0 Å². The summed E-state index contributed by atoms with van der Waals surface area (Å²) in [4.78, 5) is 0. The average molecular weight is 234 g/mol. The van der Waals surface area contributed by atoms with Crippen LogP contribution in [0.25, 0.3) is 0 Å². The van der Waals surface area contributed by atoms with Crippen molar-refractivity contribution in [3.05, 3.63) is 0 Å². The predicted molar refractivity (Wildman–Crippen MR) is 57.9 cm³/mol. The van der Waals surface area contributed by atoms with E-state index in [-0.39, 0.29) is 0 Å². The molecule has 0 spiro atoms. The monoisotopic (exact) mass is 233 g/mol. The summed E-state index contributed by atoms with van der Waals surface area (Å²) in [5.41, 5.74) is 0. The first-order valence-electron chi connectivity index (χ1n) is 5.20. The van der Waals surface area contributed by atoms with Crippen LogP contribution in [0, 0.1) is 5.92 Å². The topological polar surface area (TPSA) is 12.0 Å². The van der Waals surface area contributed by atoms with Crippen LogP contribution >= 0.6 is 15.9 Å². The fraction of sp³-hybridized carbons (Fsp3) is 1.00. The molecule has 1 aliphatic carbocycles. The summed E-state index contributed by atoms with van der Waals surface area (Å²) < 4.78 is 0. The Kier molecular flexibility index (Phi) is 6.05. The maximum Gasteiger partial charge on any atom is 0.00433 e. The first kappa shape index (κ1) is 10.5. The van der Waals surface area contributed by atoms with E-state index in [4.69, 9.17) is 0 Å². The second-order valence-corrected chi connectivity index (χ2v) is 4.54. The smallest absolute Gasteiger partial charge is 0.00433 e. The SMILES string of the molecule is BrCCCNCC1CCCCC1. The Morgan fingerprint density at radius 1 is 1.17 bits per heavy atom. The lowest BCUT2D eigenvalue weighted by molar-refractivity contribution is 0.343. The Balaban J connectivity index is 1.91. The van der Waals surface area contributed by atoms with Crippen molar-refractivity contribution in [2.24, 2.45) is 5.92 Å². The highest BCUT2D eigenvalue weighted by Crippen LogP contribution is 2.22. The largest absolute Gasteiger partial charge is 0.316 e. The first-order chi connectivity index (χ1) is 5.93. The van der Waals surface area contributed by atoms with Crippen molar-refractivity contribution in [3.63, 3.8) is 0 Å². The number of rotatable bonds is 5. The van der Waals surface area contributed by atoms with Gasteiger partial charge in [-0.1, -0.05) is 35.2 Å². The van der Waals surface area contributed by atoms with Gasteiger partial charge in [-0.15, -0.1) is 0 Å². The second-order valence-electron chi connectivity index (χ2n) is 3.75. The van der Waals surface area contributed by atoms with E-state index < -0.39 is 0 Å². The highest BCUT2D eigenvalue weighted by Gasteiger charge is 2.11. The summed E-state index contributed by atoms with van der Waals surface area (Å²) in [5, 5.41) is 4.66. The van der Waals surface area contributed by atoms with Gasteiger partial charge in [-0.3, -0.25) is 0 Å². The minimum absolute atomic E-state index is 0.981. The van der Waals surface area contributed by atoms with Gasteiger partial charge >= 0.3 is 0 Å². The van der Waals surface area contributed by atoms with Crippen LogP contribution in [0.1, 0.15) is 38.5 Å². The molecule has 0 bridgehead atoms. The van der Waals surface area contributed by atoms with E-state index in [0.29, 0.717) is 0 Å². The van der Waals surface area contributed by atoms with Crippen molar-refractivity contribution in [3.8, 4) is 0 Å². The average Bonchev–Trinajstić information content (AvgIpc) is 2.14. The molecule has 72 valence electrons. The van der Waals surface area contributed by atoms with Crippen LogP contribution in [-0.2, 0) is 0 Å². The van der Waals surface area contributed by atoms with Crippen LogP contribution in [0.4, 0.5) is 0 Å². The van der Waals surface area contributed by atoms with Gasteiger partial charge in [-0.2, -0.15) is 0 Å². The molecule has 0 aromatic carbocycles. The molecule has 0 aromatic rings. The fourth-order valence-corrected chi connectivity index (χ4v) is 2.17. The minimum Gasteiger partial charge on any atom is -0.316 e. The number of halogens is 1. The van der Waals surface area contributed by atoms with Crippen LogP contribution in [0.15, 0.2) is 0 Å². The third-order valence-corrected chi connectivity index (χ3v) is 3.21. The number of hydrogen-bond donors (Lipinski definition) is 1. The van der Waals surface area contributed by atoms with Crippen molar-refractivity contribution in [1.82, 2.24) is 5.32 Å². The number of alkyl halides is 1. The zero-order valence-electron chi connectivity index (χ0n) is 7.82. The molecule has 0 unspecified atom stereocenters. The lowest BCUT2D eigenvalue weighted by atomic mass is 9.89. The quantitative estimate of drug-likeness (QED) is 0.569. The molecule has 0 aromatic heterocycles. The summed E-state index contributed by atoms with van der Waals surface area (Å²) >= 11 is 3.44. The van der Waals surface area contributed by atoms with Crippen LogP contribution in [0.5, 0.6) is 0 Å². The van der Waals surface area contributed by atoms with E-state index in [1.54, 1.807) is 0 Å². The molecule has 0 atom stereocenters. The summed E-state index contributed by atoms with van der Waals surface area (Å²) in [7, 11) is 0. The van der Waals surface area contributed by atoms with Gasteiger partial charge in [0.1, 0.15) is 0 Å². The van der Waals surface area contributed by atoms with Crippen LogP contribution in [-0.4, -0.2) is 18.4 Å². The third-order valence-electron chi connectivity index (χ3n) is 2.64. The first-order valence-corrected chi connectivity index (χ1v) is 6.32. The highest BCUT2D eigenvalue weighted by molar-refractivity contribution is 9.09. The van der Waals surface area contributed by atoms with Crippen molar-refractivity contribution in [2.45, 2.75) is 38.5 Å². The van der Waals surface area contributed by atoms with Gasteiger partial charge in [-0.05, 0) is 38.3 Å². The summed E-state index contributed by atoms with van der Waals surface area (Å²) in [6.45, 7) is 2.44. The van der Waals surface area contributed by atoms with E-state index in [1.807, 2.05) is 0 Å². The van der Waals surface area contributed by atoms with Crippen LogP contribution in [0.2, 0.25) is 0 Å². The van der Waals surface area contributed by atoms with Gasteiger partial charge in [0.15, 0.2) is 0 Å². The molecular weight excluding hydrogens is 214 g/mol. The molecule has 1 aliphatic rings. The van der Waals surface area contributed by atoms with Gasteiger partial charge in [-0.25, -0.2) is 0 Å². The Morgan fingerprint density at radius 3 is 2.58 bits per heavy atom. The molecule has 0 heterocycles. The Labute approximate surface area is 84.4 Å². The van der Waals surface area contributed by atoms with Crippen molar-refractivity contribution < 1.29 is 0 Å². The van der Waals surface area contributed by atoms with Gasteiger partial charge in [0.25, 0.3) is 0 Å². The summed E-state index contributed by atoms with van der Waals surface area (Å²) in [6.07, 6.45) is 8.57. The number of hydrogen-bond acceptors (Lipinski definition) is 1. The summed E-state index contributed by atoms with van der Waals surface area (Å²) in [5.74, 6) is 0.981. The Bertz CT molecular complexity index is 100. The highest BCUT2D eigenvalue weighted by atomic mass is 79.9. The van der Waals surface area contributed by atoms with Gasteiger partial charge < -0.3 is 5.32 Å². The van der Waals surface area contributed by atoms with E-state index in [9.17, 15) is 0 Å². The molecule has 0 radical (unpaired) electrons. The molecule has 1 saturated carbocycles. The molecule has 1 nitrogen and oxygen atoms in total. The van der Waals surface area contributed by atoms with Crippen molar-refractivity contribution >= 4 is 15.9 Å². The molecule has 1 rings (SSSR count).